The fourth-order valence-electron chi connectivity index (χ4n) is 3.51. The van der Waals surface area contributed by atoms with Gasteiger partial charge in [-0.05, 0) is 11.5 Å². The molecule has 9 nitrogen and oxygen atoms in total. The first kappa shape index (κ1) is 20.3. The van der Waals surface area contributed by atoms with Gasteiger partial charge in [-0.25, -0.2) is 14.4 Å². The van der Waals surface area contributed by atoms with Gasteiger partial charge in [0.15, 0.2) is 0 Å². The quantitative estimate of drug-likeness (QED) is 0.713. The molecule has 10 heteroatoms. The predicted molar refractivity (Wildman–Crippen MR) is 106 cm³/mol. The van der Waals surface area contributed by atoms with Crippen LogP contribution in [0.3, 0.4) is 0 Å². The molecule has 1 aromatic heterocycles. The van der Waals surface area contributed by atoms with Gasteiger partial charge in [-0.1, -0.05) is 44.2 Å². The van der Waals surface area contributed by atoms with Gasteiger partial charge < -0.3 is 4.74 Å². The Morgan fingerprint density at radius 3 is 2.72 bits per heavy atom. The van der Waals surface area contributed by atoms with Crippen LogP contribution in [-0.4, -0.2) is 28.4 Å². The monoisotopic (exact) mass is 421 g/mol. The van der Waals surface area contributed by atoms with E-state index in [1.165, 1.54) is 10.8 Å². The van der Waals surface area contributed by atoms with Gasteiger partial charge in [0.25, 0.3) is 5.56 Å². The van der Waals surface area contributed by atoms with E-state index in [0.717, 1.165) is 5.56 Å². The number of nitrogens with zero attached hydrogens (tertiary/aromatic N) is 1. The van der Waals surface area contributed by atoms with Gasteiger partial charge >= 0.3 is 13.4 Å². The highest BCUT2D eigenvalue weighted by Gasteiger charge is 2.47. The molecule has 2 saturated heterocycles. The summed E-state index contributed by atoms with van der Waals surface area (Å²) in [4.78, 5) is 26.6. The van der Waals surface area contributed by atoms with Crippen LogP contribution in [0, 0.1) is 0 Å². The van der Waals surface area contributed by atoms with Gasteiger partial charge in [-0.3, -0.25) is 23.4 Å². The number of aromatic amines is 1. The third kappa shape index (κ3) is 4.29. The van der Waals surface area contributed by atoms with Crippen LogP contribution in [0.15, 0.2) is 46.1 Å². The zero-order valence-electron chi connectivity index (χ0n) is 16.2. The average Bonchev–Trinajstić information content (AvgIpc) is 3.09. The van der Waals surface area contributed by atoms with Crippen LogP contribution in [0.5, 0.6) is 0 Å². The van der Waals surface area contributed by atoms with Crippen molar-refractivity contribution in [2.75, 3.05) is 6.61 Å². The number of H-pyrrole nitrogens is 1. The van der Waals surface area contributed by atoms with Crippen molar-refractivity contribution in [3.8, 4) is 0 Å². The third-order valence-corrected chi connectivity index (χ3v) is 6.69. The van der Waals surface area contributed by atoms with E-state index >= 15 is 0 Å². The average molecular weight is 421 g/mol. The van der Waals surface area contributed by atoms with Gasteiger partial charge in [0.05, 0.1) is 6.61 Å². The van der Waals surface area contributed by atoms with Gasteiger partial charge in [0.1, 0.15) is 18.4 Å². The Kier molecular flexibility index (Phi) is 5.59. The standard InChI is InChI=1S/C19H24N3O6P/c1-12(2)14-10-22(19(24)21-18(14)23)17-8-15-16(27-17)11-26-29(25,28-15)20-9-13-6-4-3-5-7-13/h3-7,10,12,15-17H,8-9,11H2,1-2H3,(H,20,25)(H,21,23,24)/t15-,16+,17+,29+/m0/s1. The van der Waals surface area contributed by atoms with Crippen LogP contribution in [0.2, 0.25) is 0 Å². The molecule has 0 amide bonds. The number of aromatic nitrogens is 2. The van der Waals surface area contributed by atoms with Crippen LogP contribution in [0.1, 0.15) is 43.5 Å². The van der Waals surface area contributed by atoms with Crippen LogP contribution in [0.4, 0.5) is 0 Å². The summed E-state index contributed by atoms with van der Waals surface area (Å²) in [5, 5.41) is 2.86. The molecule has 4 rings (SSSR count). The highest BCUT2D eigenvalue weighted by atomic mass is 31.2. The molecule has 0 spiro atoms. The van der Waals surface area contributed by atoms with E-state index < -0.39 is 37.4 Å². The van der Waals surface area contributed by atoms with Crippen molar-refractivity contribution in [2.24, 2.45) is 0 Å². The molecular formula is C19H24N3O6P. The number of rotatable bonds is 5. The van der Waals surface area contributed by atoms with E-state index in [1.54, 1.807) is 0 Å². The Bertz CT molecular complexity index is 1030. The molecule has 2 fully saturated rings. The van der Waals surface area contributed by atoms with Crippen LogP contribution >= 0.6 is 7.75 Å². The van der Waals surface area contributed by atoms with Crippen molar-refractivity contribution in [1.82, 2.24) is 14.6 Å². The Morgan fingerprint density at radius 1 is 1.24 bits per heavy atom. The number of hydrogen-bond acceptors (Lipinski definition) is 6. The first-order chi connectivity index (χ1) is 13.8. The van der Waals surface area contributed by atoms with Gasteiger partial charge in [0, 0.05) is 24.7 Å². The lowest BCUT2D eigenvalue weighted by Crippen LogP contribution is -2.36. The minimum absolute atomic E-state index is 0.0451. The van der Waals surface area contributed by atoms with E-state index in [0.29, 0.717) is 18.5 Å². The second kappa shape index (κ2) is 8.01. The van der Waals surface area contributed by atoms with Crippen LogP contribution < -0.4 is 16.3 Å². The summed E-state index contributed by atoms with van der Waals surface area (Å²) in [5.41, 5.74) is 0.509. The smallest absolute Gasteiger partial charge is 0.349 e. The molecular weight excluding hydrogens is 397 g/mol. The molecule has 29 heavy (non-hydrogen) atoms. The molecule has 0 bridgehead atoms. The summed E-state index contributed by atoms with van der Waals surface area (Å²) in [6, 6.07) is 9.52. The zero-order chi connectivity index (χ0) is 20.6. The number of ether oxygens (including phenoxy) is 1. The summed E-state index contributed by atoms with van der Waals surface area (Å²) in [6.07, 6.45) is 0.304. The van der Waals surface area contributed by atoms with Gasteiger partial charge in [0.2, 0.25) is 0 Å². The van der Waals surface area contributed by atoms with E-state index in [4.69, 9.17) is 13.8 Å². The lowest BCUT2D eigenvalue weighted by Gasteiger charge is -2.30. The second-order valence-electron chi connectivity index (χ2n) is 7.53. The molecule has 0 aliphatic carbocycles. The third-order valence-electron chi connectivity index (χ3n) is 5.11. The van der Waals surface area contributed by atoms with E-state index in [-0.39, 0.29) is 12.5 Å². The molecule has 2 aromatic rings. The molecule has 2 aliphatic rings. The molecule has 156 valence electrons. The summed E-state index contributed by atoms with van der Waals surface area (Å²) in [7, 11) is -3.49. The van der Waals surface area contributed by atoms with Gasteiger partial charge in [-0.2, -0.15) is 0 Å². The van der Waals surface area contributed by atoms with Crippen molar-refractivity contribution in [2.45, 2.75) is 51.2 Å². The zero-order valence-corrected chi connectivity index (χ0v) is 17.1. The molecule has 0 saturated carbocycles. The fraction of sp³-hybridized carbons (Fsp3) is 0.474. The maximum Gasteiger partial charge on any atom is 0.406 e. The lowest BCUT2D eigenvalue weighted by atomic mass is 10.1. The molecule has 1 aromatic carbocycles. The Morgan fingerprint density at radius 2 is 2.00 bits per heavy atom. The molecule has 2 aliphatic heterocycles. The van der Waals surface area contributed by atoms with Crippen LogP contribution in [0.25, 0.3) is 0 Å². The minimum atomic E-state index is -3.49. The summed E-state index contributed by atoms with van der Waals surface area (Å²) in [5.74, 6) is -0.0451. The maximum atomic E-state index is 12.9. The Hall–Kier alpha value is -2.03. The number of hydrogen-bond donors (Lipinski definition) is 2. The topological polar surface area (TPSA) is 112 Å². The highest BCUT2D eigenvalue weighted by Crippen LogP contribution is 2.52. The number of nitrogens with one attached hydrogen (secondary N) is 2. The first-order valence-electron chi connectivity index (χ1n) is 9.57. The van der Waals surface area contributed by atoms with Crippen LogP contribution in [-0.2, 0) is 24.9 Å². The van der Waals surface area contributed by atoms with E-state index in [1.807, 2.05) is 44.2 Å². The summed E-state index contributed by atoms with van der Waals surface area (Å²) >= 11 is 0. The summed E-state index contributed by atoms with van der Waals surface area (Å²) < 4.78 is 31.4. The number of benzene rings is 1. The SMILES string of the molecule is CC(C)c1cn([C@H]2C[C@@H]3O[P@@](=O)(NCc4ccccc4)OC[C@H]3O2)c(=O)[nH]c1=O. The summed E-state index contributed by atoms with van der Waals surface area (Å²) in [6.45, 7) is 4.19. The van der Waals surface area contributed by atoms with Crippen molar-refractivity contribution in [1.29, 1.82) is 0 Å². The fourth-order valence-corrected chi connectivity index (χ4v) is 5.03. The van der Waals surface area contributed by atoms with Crippen molar-refractivity contribution in [3.63, 3.8) is 0 Å². The molecule has 2 N–H and O–H groups in total. The van der Waals surface area contributed by atoms with Crippen molar-refractivity contribution >= 4 is 7.75 Å². The van der Waals surface area contributed by atoms with Gasteiger partial charge in [-0.15, -0.1) is 0 Å². The highest BCUT2D eigenvalue weighted by molar-refractivity contribution is 7.51. The predicted octanol–water partition coefficient (Wildman–Crippen LogP) is 2.26. The second-order valence-corrected chi connectivity index (χ2v) is 9.31. The minimum Gasteiger partial charge on any atom is -0.349 e. The van der Waals surface area contributed by atoms with Crippen molar-refractivity contribution in [3.05, 3.63) is 68.5 Å². The normalized spacial score (nSPS) is 29.1. The lowest BCUT2D eigenvalue weighted by molar-refractivity contribution is -0.0603. The molecule has 0 radical (unpaired) electrons. The van der Waals surface area contributed by atoms with E-state index in [2.05, 4.69) is 10.1 Å². The molecule has 3 heterocycles. The molecule has 0 unspecified atom stereocenters. The number of fused-ring (bicyclic) bond motifs is 1. The first-order valence-corrected chi connectivity index (χ1v) is 11.1. The largest absolute Gasteiger partial charge is 0.406 e. The molecule has 4 atom stereocenters. The van der Waals surface area contributed by atoms with E-state index in [9.17, 15) is 14.2 Å². The maximum absolute atomic E-state index is 12.9. The van der Waals surface area contributed by atoms with Crippen molar-refractivity contribution < 1.29 is 18.3 Å². The Labute approximate surface area is 167 Å². The Balaban J connectivity index is 1.47.